The Kier molecular flexibility index (Phi) is 5.45. The van der Waals surface area contributed by atoms with Crippen molar-refractivity contribution >= 4 is 28.6 Å². The summed E-state index contributed by atoms with van der Waals surface area (Å²) in [5, 5.41) is 0. The molecule has 0 aliphatic heterocycles. The van der Waals surface area contributed by atoms with Crippen LogP contribution in [0.3, 0.4) is 0 Å². The number of alkyl halides is 1. The van der Waals surface area contributed by atoms with Crippen molar-refractivity contribution in [3.63, 3.8) is 0 Å². The molecule has 0 N–H and O–H groups in total. The zero-order chi connectivity index (χ0) is 11.1. The Morgan fingerprint density at radius 2 is 2.27 bits per heavy atom. The number of benzene rings is 1. The Balaban J connectivity index is 2.53. The first kappa shape index (κ1) is 12.3. The van der Waals surface area contributed by atoms with E-state index in [0.29, 0.717) is 5.75 Å². The van der Waals surface area contributed by atoms with Crippen molar-refractivity contribution in [3.8, 4) is 5.75 Å². The number of aryl methyl sites for hydroxylation is 1. The average molecular weight is 320 g/mol. The van der Waals surface area contributed by atoms with E-state index in [-0.39, 0.29) is 0 Å². The summed E-state index contributed by atoms with van der Waals surface area (Å²) in [5.41, 5.74) is 1.19. The van der Waals surface area contributed by atoms with Crippen LogP contribution in [0, 0.1) is 0 Å². The second-order valence-electron chi connectivity index (χ2n) is 3.10. The number of hydrogen-bond donors (Lipinski definition) is 0. The van der Waals surface area contributed by atoms with Crippen LogP contribution in [0.1, 0.15) is 18.9 Å². The van der Waals surface area contributed by atoms with Gasteiger partial charge in [-0.05, 0) is 35.0 Å². The molecule has 15 heavy (non-hydrogen) atoms. The molecule has 4 heteroatoms. The molecule has 0 fully saturated rings. The molecule has 0 atom stereocenters. The van der Waals surface area contributed by atoms with Gasteiger partial charge in [-0.15, -0.1) is 0 Å². The van der Waals surface area contributed by atoms with Gasteiger partial charge in [0, 0.05) is 6.92 Å². The van der Waals surface area contributed by atoms with E-state index in [2.05, 4.69) is 27.5 Å². The molecular weight excluding hydrogens is 307 g/mol. The molecule has 0 saturated carbocycles. The van der Waals surface area contributed by atoms with Crippen molar-refractivity contribution in [2.45, 2.75) is 19.8 Å². The standard InChI is InChI=1S/C11H13IO3/c1-9(13)14-15-11-6-2-4-10(8-11)5-3-7-12/h2,4,6,8H,3,5,7H2,1H3. The van der Waals surface area contributed by atoms with Crippen LogP contribution < -0.4 is 4.89 Å². The number of halogens is 1. The third-order valence-electron chi connectivity index (χ3n) is 1.75. The van der Waals surface area contributed by atoms with E-state index in [1.165, 1.54) is 12.5 Å². The predicted octanol–water partition coefficient (Wildman–Crippen LogP) is 2.91. The largest absolute Gasteiger partial charge is 0.352 e. The van der Waals surface area contributed by atoms with Crippen molar-refractivity contribution < 1.29 is 14.6 Å². The first-order chi connectivity index (χ1) is 7.22. The summed E-state index contributed by atoms with van der Waals surface area (Å²) in [7, 11) is 0. The first-order valence-electron chi connectivity index (χ1n) is 4.72. The molecule has 0 bridgehead atoms. The van der Waals surface area contributed by atoms with E-state index in [0.717, 1.165) is 17.3 Å². The van der Waals surface area contributed by atoms with Gasteiger partial charge in [-0.1, -0.05) is 34.7 Å². The van der Waals surface area contributed by atoms with Crippen LogP contribution >= 0.6 is 22.6 Å². The van der Waals surface area contributed by atoms with Crippen molar-refractivity contribution in [2.24, 2.45) is 0 Å². The fourth-order valence-electron chi connectivity index (χ4n) is 1.13. The van der Waals surface area contributed by atoms with Gasteiger partial charge < -0.3 is 0 Å². The number of rotatable bonds is 5. The Labute approximate surface area is 103 Å². The van der Waals surface area contributed by atoms with Gasteiger partial charge >= 0.3 is 5.97 Å². The second kappa shape index (κ2) is 6.66. The molecule has 0 unspecified atom stereocenters. The SMILES string of the molecule is CC(=O)OOc1cccc(CCCI)c1. The van der Waals surface area contributed by atoms with E-state index in [4.69, 9.17) is 4.89 Å². The Morgan fingerprint density at radius 1 is 1.47 bits per heavy atom. The molecule has 1 rings (SSSR count). The smallest absolute Gasteiger partial charge is 0.287 e. The molecular formula is C11H13IO3. The quantitative estimate of drug-likeness (QED) is 0.362. The van der Waals surface area contributed by atoms with E-state index >= 15 is 0 Å². The van der Waals surface area contributed by atoms with Gasteiger partial charge in [-0.25, -0.2) is 4.79 Å². The predicted molar refractivity (Wildman–Crippen MR) is 66.0 cm³/mol. The van der Waals surface area contributed by atoms with Gasteiger partial charge in [0.2, 0.25) is 0 Å². The highest BCUT2D eigenvalue weighted by atomic mass is 127. The minimum absolute atomic E-state index is 0.451. The third kappa shape index (κ3) is 5.01. The van der Waals surface area contributed by atoms with Crippen molar-refractivity contribution in [1.82, 2.24) is 0 Å². The fraction of sp³-hybridized carbons (Fsp3) is 0.364. The lowest BCUT2D eigenvalue weighted by atomic mass is 10.1. The van der Waals surface area contributed by atoms with Gasteiger partial charge in [0.1, 0.15) is 0 Å². The highest BCUT2D eigenvalue weighted by Gasteiger charge is 1.99. The Hall–Kier alpha value is -0.780. The van der Waals surface area contributed by atoms with Gasteiger partial charge in [0.15, 0.2) is 5.75 Å². The van der Waals surface area contributed by atoms with Gasteiger partial charge in [0.25, 0.3) is 0 Å². The maximum Gasteiger partial charge on any atom is 0.352 e. The fourth-order valence-corrected chi connectivity index (χ4v) is 1.51. The van der Waals surface area contributed by atoms with Gasteiger partial charge in [-0.3, -0.25) is 9.78 Å². The minimum Gasteiger partial charge on any atom is -0.287 e. The summed E-state index contributed by atoms with van der Waals surface area (Å²) in [4.78, 5) is 19.8. The molecule has 0 amide bonds. The zero-order valence-electron chi connectivity index (χ0n) is 8.53. The monoisotopic (exact) mass is 320 g/mol. The summed E-state index contributed by atoms with van der Waals surface area (Å²) < 4.78 is 1.13. The van der Waals surface area contributed by atoms with E-state index in [1.807, 2.05) is 18.2 Å². The zero-order valence-corrected chi connectivity index (χ0v) is 10.7. The highest BCUT2D eigenvalue weighted by Crippen LogP contribution is 2.15. The van der Waals surface area contributed by atoms with Crippen LogP contribution in [0.4, 0.5) is 0 Å². The summed E-state index contributed by atoms with van der Waals surface area (Å²) in [5.74, 6) is 0.115. The summed E-state index contributed by atoms with van der Waals surface area (Å²) in [6.07, 6.45) is 2.15. The minimum atomic E-state index is -0.451. The van der Waals surface area contributed by atoms with Crippen molar-refractivity contribution in [3.05, 3.63) is 29.8 Å². The lowest BCUT2D eigenvalue weighted by Gasteiger charge is -2.04. The summed E-state index contributed by atoms with van der Waals surface area (Å²) in [6.45, 7) is 1.31. The lowest BCUT2D eigenvalue weighted by molar-refractivity contribution is -0.210. The summed E-state index contributed by atoms with van der Waals surface area (Å²) in [6, 6.07) is 7.57. The topological polar surface area (TPSA) is 35.5 Å². The molecule has 0 aliphatic rings. The first-order valence-corrected chi connectivity index (χ1v) is 6.25. The average Bonchev–Trinajstić information content (AvgIpc) is 2.24. The van der Waals surface area contributed by atoms with Crippen molar-refractivity contribution in [1.29, 1.82) is 0 Å². The number of carbonyl (C=O) groups excluding carboxylic acids is 1. The Bertz CT molecular complexity index is 325. The van der Waals surface area contributed by atoms with Gasteiger partial charge in [-0.2, -0.15) is 0 Å². The molecule has 0 radical (unpaired) electrons. The molecule has 0 heterocycles. The van der Waals surface area contributed by atoms with Crippen LogP contribution in [0.5, 0.6) is 5.75 Å². The molecule has 0 aromatic heterocycles. The molecule has 0 aliphatic carbocycles. The maximum absolute atomic E-state index is 10.5. The Morgan fingerprint density at radius 3 is 2.93 bits per heavy atom. The van der Waals surface area contributed by atoms with Crippen molar-refractivity contribution in [2.75, 3.05) is 4.43 Å². The molecule has 0 saturated heterocycles. The van der Waals surface area contributed by atoms with E-state index < -0.39 is 5.97 Å². The van der Waals surface area contributed by atoms with Crippen LogP contribution in [-0.2, 0) is 16.1 Å². The van der Waals surface area contributed by atoms with Gasteiger partial charge in [0.05, 0.1) is 0 Å². The number of carbonyl (C=O) groups is 1. The lowest BCUT2D eigenvalue weighted by Crippen LogP contribution is -2.02. The van der Waals surface area contributed by atoms with Crippen LogP contribution in [-0.4, -0.2) is 10.4 Å². The maximum atomic E-state index is 10.5. The van der Waals surface area contributed by atoms with Crippen LogP contribution in [0.2, 0.25) is 0 Å². The molecule has 3 nitrogen and oxygen atoms in total. The highest BCUT2D eigenvalue weighted by molar-refractivity contribution is 14.1. The second-order valence-corrected chi connectivity index (χ2v) is 4.18. The normalized spacial score (nSPS) is 9.73. The summed E-state index contributed by atoms with van der Waals surface area (Å²) >= 11 is 2.35. The van der Waals surface area contributed by atoms with E-state index in [1.54, 1.807) is 6.07 Å². The van der Waals surface area contributed by atoms with Crippen LogP contribution in [0.25, 0.3) is 0 Å². The third-order valence-corrected chi connectivity index (χ3v) is 2.52. The van der Waals surface area contributed by atoms with E-state index in [9.17, 15) is 4.79 Å². The molecule has 82 valence electrons. The molecule has 0 spiro atoms. The molecule has 1 aromatic carbocycles. The van der Waals surface area contributed by atoms with Crippen LogP contribution in [0.15, 0.2) is 24.3 Å². The number of hydrogen-bond acceptors (Lipinski definition) is 3. The molecule has 1 aromatic rings.